The summed E-state index contributed by atoms with van der Waals surface area (Å²) in [6.07, 6.45) is 11.4. The van der Waals surface area contributed by atoms with E-state index in [9.17, 15) is 4.79 Å². The van der Waals surface area contributed by atoms with E-state index >= 15 is 0 Å². The number of nitrogens with two attached hydrogens (primary N) is 1. The van der Waals surface area contributed by atoms with Crippen molar-refractivity contribution in [2.45, 2.75) is 77.2 Å². The molecule has 4 aliphatic rings. The summed E-state index contributed by atoms with van der Waals surface area (Å²) >= 11 is 0. The zero-order valence-electron chi connectivity index (χ0n) is 15.1. The Balaban J connectivity index is 1.79. The van der Waals surface area contributed by atoms with Gasteiger partial charge in [-0.15, -0.1) is 0 Å². The Hall–Kier alpha value is -1.14. The zero-order chi connectivity index (χ0) is 17.2. The van der Waals surface area contributed by atoms with Crippen molar-refractivity contribution in [3.63, 3.8) is 0 Å². The number of fused-ring (bicyclic) bond motifs is 5. The van der Waals surface area contributed by atoms with Gasteiger partial charge < -0.3 is 5.73 Å². The maximum Gasteiger partial charge on any atom is 0.139 e. The molecule has 4 aliphatic carbocycles. The molecule has 0 bridgehead atoms. The minimum absolute atomic E-state index is 0.0311. The first-order chi connectivity index (χ1) is 11.4. The first-order valence-electron chi connectivity index (χ1n) is 9.77. The third kappa shape index (κ3) is 1.90. The quantitative estimate of drug-likeness (QED) is 0.681. The molecule has 0 aromatic rings. The van der Waals surface area contributed by atoms with E-state index in [1.165, 1.54) is 31.3 Å². The lowest BCUT2D eigenvalue weighted by Gasteiger charge is -2.63. The predicted octanol–water partition coefficient (Wildman–Crippen LogP) is 4.13. The van der Waals surface area contributed by atoms with Crippen LogP contribution >= 0.6 is 0 Å². The number of carbonyl (C=O) groups excluding carboxylic acids is 1. The molecule has 0 aromatic heterocycles. The maximum absolute atomic E-state index is 13.4. The van der Waals surface area contributed by atoms with Gasteiger partial charge >= 0.3 is 0 Å². The summed E-state index contributed by atoms with van der Waals surface area (Å²) in [6, 6.07) is 2.21. The zero-order valence-corrected chi connectivity index (χ0v) is 15.1. The van der Waals surface area contributed by atoms with Crippen molar-refractivity contribution in [1.82, 2.24) is 0 Å². The van der Waals surface area contributed by atoms with Crippen LogP contribution in [0.5, 0.6) is 0 Å². The van der Waals surface area contributed by atoms with Crippen LogP contribution in [-0.4, -0.2) is 11.3 Å². The van der Waals surface area contributed by atoms with E-state index in [1.807, 2.05) is 0 Å². The van der Waals surface area contributed by atoms with E-state index < -0.39 is 0 Å². The lowest BCUT2D eigenvalue weighted by Crippen LogP contribution is -2.70. The lowest BCUT2D eigenvalue weighted by atomic mass is 9.42. The summed E-state index contributed by atoms with van der Waals surface area (Å²) in [4.78, 5) is 13.4. The van der Waals surface area contributed by atoms with Crippen LogP contribution in [0.4, 0.5) is 0 Å². The van der Waals surface area contributed by atoms with Crippen molar-refractivity contribution < 1.29 is 4.79 Å². The van der Waals surface area contributed by atoms with E-state index in [1.54, 1.807) is 6.08 Å². The molecule has 3 heteroatoms. The van der Waals surface area contributed by atoms with E-state index in [0.717, 1.165) is 25.7 Å². The second kappa shape index (κ2) is 5.18. The van der Waals surface area contributed by atoms with E-state index in [-0.39, 0.29) is 22.3 Å². The summed E-state index contributed by atoms with van der Waals surface area (Å²) in [6.45, 7) is 4.57. The Bertz CT molecular complexity index is 647. The molecule has 3 unspecified atom stereocenters. The third-order valence-electron chi connectivity index (χ3n) is 8.53. The number of hydrogen-bond donors (Lipinski definition) is 1. The molecule has 4 fully saturated rings. The van der Waals surface area contributed by atoms with Crippen molar-refractivity contribution in [2.75, 3.05) is 0 Å². The molecule has 24 heavy (non-hydrogen) atoms. The van der Waals surface area contributed by atoms with Crippen LogP contribution in [0, 0.1) is 39.9 Å². The van der Waals surface area contributed by atoms with Crippen molar-refractivity contribution >= 4 is 5.78 Å². The summed E-state index contributed by atoms with van der Waals surface area (Å²) in [5, 5.41) is 9.15. The molecule has 0 aromatic carbocycles. The molecule has 0 saturated heterocycles. The van der Waals surface area contributed by atoms with Gasteiger partial charge in [0.1, 0.15) is 5.78 Å². The molecular formula is C21H30N2O. The van der Waals surface area contributed by atoms with Crippen molar-refractivity contribution in [1.29, 1.82) is 5.26 Å². The first kappa shape index (κ1) is 16.3. The molecule has 130 valence electrons. The second-order valence-electron chi connectivity index (χ2n) is 9.48. The summed E-state index contributed by atoms with van der Waals surface area (Å²) < 4.78 is 0. The minimum atomic E-state index is -0.363. The first-order valence-corrected chi connectivity index (χ1v) is 9.77. The van der Waals surface area contributed by atoms with Crippen molar-refractivity contribution in [2.24, 2.45) is 34.3 Å². The third-order valence-corrected chi connectivity index (χ3v) is 8.53. The van der Waals surface area contributed by atoms with E-state index in [4.69, 9.17) is 11.0 Å². The molecule has 3 nitrogen and oxygen atoms in total. The fraction of sp³-hybridized carbons (Fsp3) is 0.810. The van der Waals surface area contributed by atoms with Crippen LogP contribution in [0.2, 0.25) is 0 Å². The highest BCUT2D eigenvalue weighted by atomic mass is 16.1. The van der Waals surface area contributed by atoms with Crippen LogP contribution in [0.15, 0.2) is 11.6 Å². The largest absolute Gasteiger partial charge is 0.324 e. The Labute approximate surface area is 145 Å². The van der Waals surface area contributed by atoms with Gasteiger partial charge in [-0.25, -0.2) is 0 Å². The van der Waals surface area contributed by atoms with Gasteiger partial charge in [0.05, 0.1) is 6.07 Å². The lowest BCUT2D eigenvalue weighted by molar-refractivity contribution is -0.157. The molecule has 0 aliphatic heterocycles. The van der Waals surface area contributed by atoms with Crippen LogP contribution in [0.25, 0.3) is 0 Å². The van der Waals surface area contributed by atoms with Gasteiger partial charge in [0.15, 0.2) is 0 Å². The van der Waals surface area contributed by atoms with Gasteiger partial charge in [0, 0.05) is 29.4 Å². The number of rotatable bonds is 0. The molecule has 0 radical (unpaired) electrons. The SMILES string of the molecule is C[C@]12CCCCC1CC[C@]1(N)C2C(=O)C[C@]2(C)/C(=C\C#N)CCC12. The molecule has 0 heterocycles. The fourth-order valence-corrected chi connectivity index (χ4v) is 7.52. The van der Waals surface area contributed by atoms with Gasteiger partial charge in [-0.3, -0.25) is 4.79 Å². The van der Waals surface area contributed by atoms with E-state index in [2.05, 4.69) is 19.9 Å². The fourth-order valence-electron chi connectivity index (χ4n) is 7.52. The van der Waals surface area contributed by atoms with Gasteiger partial charge in [0.25, 0.3) is 0 Å². The smallest absolute Gasteiger partial charge is 0.139 e. The topological polar surface area (TPSA) is 66.9 Å². The number of ketones is 1. The average molecular weight is 326 g/mol. The Morgan fingerprint density at radius 1 is 1.21 bits per heavy atom. The van der Waals surface area contributed by atoms with Gasteiger partial charge in [-0.1, -0.05) is 32.3 Å². The highest BCUT2D eigenvalue weighted by Gasteiger charge is 2.67. The predicted molar refractivity (Wildman–Crippen MR) is 93.9 cm³/mol. The van der Waals surface area contributed by atoms with E-state index in [0.29, 0.717) is 24.0 Å². The minimum Gasteiger partial charge on any atom is -0.324 e. The number of hydrogen-bond acceptors (Lipinski definition) is 3. The number of nitrogens with zero attached hydrogens (tertiary/aromatic N) is 1. The molecular weight excluding hydrogens is 296 g/mol. The molecule has 6 atom stereocenters. The summed E-state index contributed by atoms with van der Waals surface area (Å²) in [7, 11) is 0. The Kier molecular flexibility index (Phi) is 3.52. The van der Waals surface area contributed by atoms with Crippen LogP contribution in [-0.2, 0) is 4.79 Å². The highest BCUT2D eigenvalue weighted by Crippen LogP contribution is 2.66. The molecule has 0 spiro atoms. The van der Waals surface area contributed by atoms with Crippen molar-refractivity contribution in [3.8, 4) is 6.07 Å². The average Bonchev–Trinajstić information content (AvgIpc) is 2.84. The molecule has 4 saturated carbocycles. The van der Waals surface area contributed by atoms with Crippen LogP contribution in [0.3, 0.4) is 0 Å². The maximum atomic E-state index is 13.4. The summed E-state index contributed by atoms with van der Waals surface area (Å²) in [5.41, 5.74) is 7.87. The highest BCUT2D eigenvalue weighted by molar-refractivity contribution is 5.86. The van der Waals surface area contributed by atoms with Gasteiger partial charge in [-0.2, -0.15) is 5.26 Å². The number of nitriles is 1. The molecule has 2 N–H and O–H groups in total. The monoisotopic (exact) mass is 326 g/mol. The molecule has 0 amide bonds. The number of allylic oxidation sites excluding steroid dienone is 2. The van der Waals surface area contributed by atoms with Crippen LogP contribution in [0.1, 0.15) is 71.6 Å². The standard InChI is InChI=1S/C21H30N2O/c1-19-10-4-3-5-14(19)8-11-21(23)17-7-6-15(9-12-22)20(17,2)13-16(24)18(19)21/h9,14,17-18H,3-8,10-11,13,23H2,1-2H3/b15-9-/t14?,17?,18?,19-,20+,21+/m0/s1. The van der Waals surface area contributed by atoms with Gasteiger partial charge in [0.2, 0.25) is 0 Å². The van der Waals surface area contributed by atoms with Crippen molar-refractivity contribution in [3.05, 3.63) is 11.6 Å². The Morgan fingerprint density at radius 3 is 2.75 bits per heavy atom. The number of Topliss-reactive ketones (excluding diaryl/α,β-unsaturated/α-hetero) is 1. The summed E-state index contributed by atoms with van der Waals surface area (Å²) in [5.74, 6) is 1.45. The molecule has 4 rings (SSSR count). The van der Waals surface area contributed by atoms with Gasteiger partial charge in [-0.05, 0) is 55.8 Å². The number of carbonyl (C=O) groups is 1. The Morgan fingerprint density at radius 2 is 2.00 bits per heavy atom. The second-order valence-corrected chi connectivity index (χ2v) is 9.48. The van der Waals surface area contributed by atoms with Crippen LogP contribution < -0.4 is 5.73 Å². The normalized spacial score (nSPS) is 52.3.